The number of hydrogen-bond donors (Lipinski definition) is 2. The quantitative estimate of drug-likeness (QED) is 0.872. The Morgan fingerprint density at radius 2 is 2.05 bits per heavy atom. The summed E-state index contributed by atoms with van der Waals surface area (Å²) in [5.41, 5.74) is 0.713. The van der Waals surface area contributed by atoms with Crippen LogP contribution in [0, 0.1) is 0 Å². The van der Waals surface area contributed by atoms with Gasteiger partial charge in [0.2, 0.25) is 0 Å². The molecule has 0 fully saturated rings. The molecule has 0 radical (unpaired) electrons. The topological polar surface area (TPSA) is 54.3 Å². The van der Waals surface area contributed by atoms with E-state index in [9.17, 15) is 4.79 Å². The van der Waals surface area contributed by atoms with Crippen molar-refractivity contribution < 1.29 is 9.21 Å². The fraction of sp³-hybridized carbons (Fsp3) is 0.267. The minimum atomic E-state index is -0.223. The van der Waals surface area contributed by atoms with Crippen molar-refractivity contribution in [2.45, 2.75) is 25.8 Å². The smallest absolute Gasteiger partial charge is 0.319 e. The number of benzene rings is 1. The van der Waals surface area contributed by atoms with Gasteiger partial charge >= 0.3 is 6.03 Å². The van der Waals surface area contributed by atoms with Crippen molar-refractivity contribution in [1.29, 1.82) is 0 Å². The summed E-state index contributed by atoms with van der Waals surface area (Å²) in [6, 6.07) is 10.6. The average molecular weight is 293 g/mol. The zero-order valence-corrected chi connectivity index (χ0v) is 12.0. The second-order valence-electron chi connectivity index (χ2n) is 4.62. The number of hydrogen-bond acceptors (Lipinski definition) is 2. The van der Waals surface area contributed by atoms with Gasteiger partial charge in [-0.25, -0.2) is 4.79 Å². The summed E-state index contributed by atoms with van der Waals surface area (Å²) in [6.45, 7) is 1.96. The van der Waals surface area contributed by atoms with Gasteiger partial charge in [-0.15, -0.1) is 0 Å². The van der Waals surface area contributed by atoms with Gasteiger partial charge in [-0.2, -0.15) is 0 Å². The van der Waals surface area contributed by atoms with Crippen LogP contribution in [-0.2, 0) is 6.42 Å². The number of anilines is 1. The highest BCUT2D eigenvalue weighted by Gasteiger charge is 2.08. The van der Waals surface area contributed by atoms with E-state index < -0.39 is 0 Å². The van der Waals surface area contributed by atoms with Gasteiger partial charge in [-0.05, 0) is 49.7 Å². The van der Waals surface area contributed by atoms with Crippen molar-refractivity contribution in [3.63, 3.8) is 0 Å². The highest BCUT2D eigenvalue weighted by molar-refractivity contribution is 6.30. The molecule has 2 rings (SSSR count). The van der Waals surface area contributed by atoms with Gasteiger partial charge in [0, 0.05) is 23.2 Å². The fourth-order valence-corrected chi connectivity index (χ4v) is 1.94. The van der Waals surface area contributed by atoms with E-state index in [0.717, 1.165) is 18.6 Å². The molecule has 2 amide bonds. The van der Waals surface area contributed by atoms with Crippen LogP contribution in [0.25, 0.3) is 0 Å². The Morgan fingerprint density at radius 1 is 1.30 bits per heavy atom. The third kappa shape index (κ3) is 4.63. The van der Waals surface area contributed by atoms with E-state index in [0.29, 0.717) is 10.7 Å². The van der Waals surface area contributed by atoms with E-state index in [1.807, 2.05) is 19.1 Å². The largest absolute Gasteiger partial charge is 0.469 e. The molecule has 106 valence electrons. The molecule has 0 aliphatic carbocycles. The maximum Gasteiger partial charge on any atom is 0.319 e. The number of furan rings is 1. The molecule has 2 aromatic rings. The Hall–Kier alpha value is -1.94. The van der Waals surface area contributed by atoms with Crippen LogP contribution in [0.15, 0.2) is 47.1 Å². The van der Waals surface area contributed by atoms with E-state index in [-0.39, 0.29) is 12.1 Å². The Bertz CT molecular complexity index is 538. The molecule has 0 saturated carbocycles. The molecule has 0 spiro atoms. The lowest BCUT2D eigenvalue weighted by Crippen LogP contribution is -2.36. The van der Waals surface area contributed by atoms with E-state index >= 15 is 0 Å². The Kier molecular flexibility index (Phi) is 5.07. The van der Waals surface area contributed by atoms with Crippen LogP contribution in [-0.4, -0.2) is 12.1 Å². The van der Waals surface area contributed by atoms with Gasteiger partial charge in [0.25, 0.3) is 0 Å². The first-order chi connectivity index (χ1) is 9.63. The molecule has 0 aliphatic heterocycles. The minimum Gasteiger partial charge on any atom is -0.469 e. The Labute approximate surface area is 123 Å². The van der Waals surface area contributed by atoms with Crippen molar-refractivity contribution >= 4 is 23.3 Å². The molecule has 20 heavy (non-hydrogen) atoms. The molecule has 1 atom stereocenters. The van der Waals surface area contributed by atoms with Crippen LogP contribution in [0.2, 0.25) is 5.02 Å². The molecule has 4 nitrogen and oxygen atoms in total. The number of rotatable bonds is 5. The van der Waals surface area contributed by atoms with Crippen molar-refractivity contribution in [3.8, 4) is 0 Å². The fourth-order valence-electron chi connectivity index (χ4n) is 1.81. The van der Waals surface area contributed by atoms with Crippen molar-refractivity contribution in [2.75, 3.05) is 5.32 Å². The highest BCUT2D eigenvalue weighted by Crippen LogP contribution is 2.13. The average Bonchev–Trinajstić information content (AvgIpc) is 2.92. The summed E-state index contributed by atoms with van der Waals surface area (Å²) in [4.78, 5) is 11.8. The zero-order valence-electron chi connectivity index (χ0n) is 11.2. The molecule has 2 N–H and O–H groups in total. The molecular formula is C15H17ClN2O2. The number of amides is 2. The Morgan fingerprint density at radius 3 is 2.70 bits per heavy atom. The minimum absolute atomic E-state index is 0.0624. The van der Waals surface area contributed by atoms with E-state index in [1.54, 1.807) is 30.5 Å². The molecule has 0 bridgehead atoms. The molecule has 1 aromatic heterocycles. The van der Waals surface area contributed by atoms with Gasteiger partial charge in [0.1, 0.15) is 5.76 Å². The molecule has 1 aromatic carbocycles. The van der Waals surface area contributed by atoms with E-state index in [2.05, 4.69) is 10.6 Å². The van der Waals surface area contributed by atoms with E-state index in [1.165, 1.54) is 0 Å². The highest BCUT2D eigenvalue weighted by atomic mass is 35.5. The summed E-state index contributed by atoms with van der Waals surface area (Å²) in [7, 11) is 0. The summed E-state index contributed by atoms with van der Waals surface area (Å²) in [6.07, 6.45) is 3.28. The summed E-state index contributed by atoms with van der Waals surface area (Å²) >= 11 is 5.79. The van der Waals surface area contributed by atoms with Crippen molar-refractivity contribution in [3.05, 3.63) is 53.4 Å². The number of nitrogens with one attached hydrogen (secondary N) is 2. The third-order valence-electron chi connectivity index (χ3n) is 2.88. The normalized spacial score (nSPS) is 11.9. The molecule has 5 heteroatoms. The number of urea groups is 1. The van der Waals surface area contributed by atoms with Gasteiger partial charge in [-0.3, -0.25) is 0 Å². The first-order valence-electron chi connectivity index (χ1n) is 6.49. The first kappa shape index (κ1) is 14.5. The summed E-state index contributed by atoms with van der Waals surface area (Å²) < 4.78 is 5.25. The first-order valence-corrected chi connectivity index (χ1v) is 6.87. The predicted molar refractivity (Wildman–Crippen MR) is 80.1 cm³/mol. The lowest BCUT2D eigenvalue weighted by atomic mass is 10.1. The number of aryl methyl sites for hydroxylation is 1. The standard InChI is InChI=1S/C15H17ClN2O2/c1-11(4-9-14-3-2-10-20-14)17-15(19)18-13-7-5-12(16)6-8-13/h2-3,5-8,10-11H,4,9H2,1H3,(H2,17,18,19)/t11-/m1/s1. The molecule has 0 aliphatic rings. The number of carbonyl (C=O) groups excluding carboxylic acids is 1. The van der Waals surface area contributed by atoms with Crippen LogP contribution in [0.1, 0.15) is 19.1 Å². The summed E-state index contributed by atoms with van der Waals surface area (Å²) in [5.74, 6) is 0.928. The number of halogens is 1. The van der Waals surface area contributed by atoms with Gasteiger partial charge in [0.15, 0.2) is 0 Å². The third-order valence-corrected chi connectivity index (χ3v) is 3.14. The maximum absolute atomic E-state index is 11.8. The van der Waals surface area contributed by atoms with Crippen molar-refractivity contribution in [2.24, 2.45) is 0 Å². The summed E-state index contributed by atoms with van der Waals surface area (Å²) in [5, 5.41) is 6.28. The van der Waals surface area contributed by atoms with Crippen LogP contribution < -0.4 is 10.6 Å². The van der Waals surface area contributed by atoms with E-state index in [4.69, 9.17) is 16.0 Å². The lowest BCUT2D eigenvalue weighted by Gasteiger charge is -2.14. The van der Waals surface area contributed by atoms with Gasteiger partial charge in [0.05, 0.1) is 6.26 Å². The van der Waals surface area contributed by atoms with Crippen LogP contribution >= 0.6 is 11.6 Å². The van der Waals surface area contributed by atoms with Gasteiger partial charge < -0.3 is 15.1 Å². The maximum atomic E-state index is 11.8. The molecular weight excluding hydrogens is 276 g/mol. The number of carbonyl (C=O) groups is 1. The lowest BCUT2D eigenvalue weighted by molar-refractivity contribution is 0.248. The SMILES string of the molecule is C[C@H](CCc1ccco1)NC(=O)Nc1ccc(Cl)cc1. The monoisotopic (exact) mass is 292 g/mol. The van der Waals surface area contributed by atoms with Crippen molar-refractivity contribution in [1.82, 2.24) is 5.32 Å². The van der Waals surface area contributed by atoms with Crippen LogP contribution in [0.4, 0.5) is 10.5 Å². The molecule has 0 saturated heterocycles. The van der Waals surface area contributed by atoms with Gasteiger partial charge in [-0.1, -0.05) is 11.6 Å². The van der Waals surface area contributed by atoms with Crippen LogP contribution in [0.5, 0.6) is 0 Å². The second-order valence-corrected chi connectivity index (χ2v) is 5.06. The molecule has 1 heterocycles. The Balaban J connectivity index is 1.74. The zero-order chi connectivity index (χ0) is 14.4. The molecule has 0 unspecified atom stereocenters. The van der Waals surface area contributed by atoms with Crippen LogP contribution in [0.3, 0.4) is 0 Å². The predicted octanol–water partition coefficient (Wildman–Crippen LogP) is 4.08. The second kappa shape index (κ2) is 7.01.